The second kappa shape index (κ2) is 11.1. The summed E-state index contributed by atoms with van der Waals surface area (Å²) in [5.41, 5.74) is 7.19. The summed E-state index contributed by atoms with van der Waals surface area (Å²) in [6.45, 7) is 5.73. The molecule has 36 heavy (non-hydrogen) atoms. The SMILES string of the molecule is Cc1ccc(-c2ccc3c(c2)C=C(C(=O)Nc2ccc(CNC4CCN(C)CC4)cc2)CCO3)cc1. The van der Waals surface area contributed by atoms with Crippen LogP contribution in [0.5, 0.6) is 5.75 Å². The van der Waals surface area contributed by atoms with Gasteiger partial charge in [-0.05, 0) is 86.9 Å². The zero-order valence-electron chi connectivity index (χ0n) is 21.2. The van der Waals surface area contributed by atoms with Crippen molar-refractivity contribution in [2.75, 3.05) is 32.1 Å². The standard InChI is InChI=1S/C31H35N3O2/c1-22-3-7-24(8-4-22)25-9-12-30-27(19-25)20-26(15-18-36-30)31(35)33-29-10-5-23(6-11-29)21-32-28-13-16-34(2)17-14-28/h3-12,19-20,28,32H,13-18,21H2,1-2H3,(H,33,35). The Hall–Kier alpha value is -3.41. The van der Waals surface area contributed by atoms with Crippen LogP contribution in [0.25, 0.3) is 17.2 Å². The van der Waals surface area contributed by atoms with Crippen LogP contribution >= 0.6 is 0 Å². The quantitative estimate of drug-likeness (QED) is 0.478. The van der Waals surface area contributed by atoms with Gasteiger partial charge in [0.1, 0.15) is 5.75 Å². The maximum atomic E-state index is 13.1. The van der Waals surface area contributed by atoms with Gasteiger partial charge in [0, 0.05) is 35.8 Å². The molecule has 3 aromatic carbocycles. The second-order valence-electron chi connectivity index (χ2n) is 10.00. The molecule has 5 heteroatoms. The van der Waals surface area contributed by atoms with E-state index >= 15 is 0 Å². The van der Waals surface area contributed by atoms with Crippen molar-refractivity contribution < 1.29 is 9.53 Å². The number of carbonyl (C=O) groups is 1. The summed E-state index contributed by atoms with van der Waals surface area (Å²) >= 11 is 0. The topological polar surface area (TPSA) is 53.6 Å². The van der Waals surface area contributed by atoms with Crippen LogP contribution in [-0.4, -0.2) is 43.6 Å². The lowest BCUT2D eigenvalue weighted by molar-refractivity contribution is -0.113. The van der Waals surface area contributed by atoms with E-state index in [1.807, 2.05) is 24.3 Å². The fourth-order valence-electron chi connectivity index (χ4n) is 4.82. The van der Waals surface area contributed by atoms with Gasteiger partial charge in [-0.15, -0.1) is 0 Å². The summed E-state index contributed by atoms with van der Waals surface area (Å²) in [7, 11) is 2.18. The van der Waals surface area contributed by atoms with Gasteiger partial charge in [-0.3, -0.25) is 4.79 Å². The van der Waals surface area contributed by atoms with E-state index in [4.69, 9.17) is 4.74 Å². The van der Waals surface area contributed by atoms with Crippen molar-refractivity contribution in [1.82, 2.24) is 10.2 Å². The van der Waals surface area contributed by atoms with Crippen LogP contribution in [0.1, 0.15) is 36.0 Å². The molecule has 2 N–H and O–H groups in total. The van der Waals surface area contributed by atoms with Crippen LogP contribution in [0.4, 0.5) is 5.69 Å². The van der Waals surface area contributed by atoms with Crippen LogP contribution in [0.3, 0.4) is 0 Å². The van der Waals surface area contributed by atoms with Gasteiger partial charge in [-0.25, -0.2) is 0 Å². The van der Waals surface area contributed by atoms with E-state index in [0.717, 1.165) is 53.3 Å². The van der Waals surface area contributed by atoms with E-state index in [9.17, 15) is 4.79 Å². The second-order valence-corrected chi connectivity index (χ2v) is 10.00. The number of likely N-dealkylation sites (tertiary alicyclic amines) is 1. The van der Waals surface area contributed by atoms with Gasteiger partial charge in [0.05, 0.1) is 6.61 Å². The van der Waals surface area contributed by atoms with Crippen molar-refractivity contribution in [3.63, 3.8) is 0 Å². The van der Waals surface area contributed by atoms with E-state index in [-0.39, 0.29) is 5.91 Å². The fourth-order valence-corrected chi connectivity index (χ4v) is 4.82. The summed E-state index contributed by atoms with van der Waals surface area (Å²) in [5, 5.41) is 6.74. The molecule has 5 nitrogen and oxygen atoms in total. The molecule has 1 amide bonds. The number of aryl methyl sites for hydroxylation is 1. The Morgan fingerprint density at radius 3 is 2.44 bits per heavy atom. The Balaban J connectivity index is 1.23. The number of ether oxygens (including phenoxy) is 1. The highest BCUT2D eigenvalue weighted by Gasteiger charge is 2.17. The number of hydrogen-bond acceptors (Lipinski definition) is 4. The maximum absolute atomic E-state index is 13.1. The van der Waals surface area contributed by atoms with E-state index in [1.54, 1.807) is 0 Å². The van der Waals surface area contributed by atoms with Gasteiger partial charge in [-0.2, -0.15) is 0 Å². The number of benzene rings is 3. The number of piperidine rings is 1. The number of carbonyl (C=O) groups excluding carboxylic acids is 1. The van der Waals surface area contributed by atoms with Gasteiger partial charge in [0.15, 0.2) is 0 Å². The molecule has 3 aromatic rings. The lowest BCUT2D eigenvalue weighted by Gasteiger charge is -2.29. The Labute approximate surface area is 214 Å². The molecule has 0 radical (unpaired) electrons. The van der Waals surface area contributed by atoms with Crippen molar-refractivity contribution >= 4 is 17.7 Å². The third kappa shape index (κ3) is 6.04. The van der Waals surface area contributed by atoms with Gasteiger partial charge >= 0.3 is 0 Å². The third-order valence-corrected chi connectivity index (χ3v) is 7.17. The molecule has 0 aliphatic carbocycles. The van der Waals surface area contributed by atoms with Crippen molar-refractivity contribution in [2.24, 2.45) is 0 Å². The summed E-state index contributed by atoms with van der Waals surface area (Å²) in [6, 6.07) is 23.4. The van der Waals surface area contributed by atoms with E-state index in [1.165, 1.54) is 24.0 Å². The number of nitrogens with one attached hydrogen (secondary N) is 2. The Morgan fingerprint density at radius 2 is 1.69 bits per heavy atom. The monoisotopic (exact) mass is 481 g/mol. The van der Waals surface area contributed by atoms with E-state index in [0.29, 0.717) is 19.1 Å². The van der Waals surface area contributed by atoms with E-state index < -0.39 is 0 Å². The highest BCUT2D eigenvalue weighted by Crippen LogP contribution is 2.31. The number of hydrogen-bond donors (Lipinski definition) is 2. The molecular formula is C31H35N3O2. The Morgan fingerprint density at radius 1 is 0.972 bits per heavy atom. The Kier molecular flexibility index (Phi) is 7.49. The highest BCUT2D eigenvalue weighted by atomic mass is 16.5. The molecule has 0 spiro atoms. The fraction of sp³-hybridized carbons (Fsp3) is 0.323. The number of amides is 1. The predicted molar refractivity (Wildman–Crippen MR) is 147 cm³/mol. The van der Waals surface area contributed by atoms with Crippen LogP contribution in [0.2, 0.25) is 0 Å². The highest BCUT2D eigenvalue weighted by molar-refractivity contribution is 6.07. The first-order valence-corrected chi connectivity index (χ1v) is 12.9. The lowest BCUT2D eigenvalue weighted by atomic mass is 10.00. The van der Waals surface area contributed by atoms with Crippen molar-refractivity contribution in [3.05, 3.63) is 89.0 Å². The van der Waals surface area contributed by atoms with Gasteiger partial charge in [-0.1, -0.05) is 48.0 Å². The summed E-state index contributed by atoms with van der Waals surface area (Å²) in [6.07, 6.45) is 4.92. The molecule has 2 aliphatic heterocycles. The minimum Gasteiger partial charge on any atom is -0.493 e. The number of anilines is 1. The molecule has 2 aliphatic rings. The predicted octanol–water partition coefficient (Wildman–Crippen LogP) is 5.65. The summed E-state index contributed by atoms with van der Waals surface area (Å²) in [4.78, 5) is 15.5. The molecule has 0 atom stereocenters. The molecule has 2 heterocycles. The first-order valence-electron chi connectivity index (χ1n) is 12.9. The van der Waals surface area contributed by atoms with Crippen LogP contribution < -0.4 is 15.4 Å². The molecule has 186 valence electrons. The minimum absolute atomic E-state index is 0.0793. The average Bonchev–Trinajstić information content (AvgIpc) is 3.12. The van der Waals surface area contributed by atoms with Crippen molar-refractivity contribution in [1.29, 1.82) is 0 Å². The van der Waals surface area contributed by atoms with Crippen LogP contribution in [0.15, 0.2) is 72.3 Å². The van der Waals surface area contributed by atoms with Crippen molar-refractivity contribution in [2.45, 2.75) is 38.8 Å². The first kappa shape index (κ1) is 24.3. The molecule has 1 saturated heterocycles. The first-order chi connectivity index (χ1) is 17.5. The van der Waals surface area contributed by atoms with Gasteiger partial charge < -0.3 is 20.3 Å². The molecule has 5 rings (SSSR count). The lowest BCUT2D eigenvalue weighted by Crippen LogP contribution is -2.40. The molecular weight excluding hydrogens is 446 g/mol. The van der Waals surface area contributed by atoms with E-state index in [2.05, 4.69) is 78.0 Å². The zero-order valence-corrected chi connectivity index (χ0v) is 21.2. The number of nitrogens with zero attached hydrogens (tertiary/aromatic N) is 1. The smallest absolute Gasteiger partial charge is 0.251 e. The zero-order chi connectivity index (χ0) is 24.9. The number of rotatable bonds is 6. The van der Waals surface area contributed by atoms with Gasteiger partial charge in [0.2, 0.25) is 0 Å². The molecule has 0 aromatic heterocycles. The molecule has 0 unspecified atom stereocenters. The molecule has 0 bridgehead atoms. The molecule has 0 saturated carbocycles. The molecule has 1 fully saturated rings. The van der Waals surface area contributed by atoms with Crippen molar-refractivity contribution in [3.8, 4) is 16.9 Å². The Bertz CT molecular complexity index is 1220. The average molecular weight is 482 g/mol. The van der Waals surface area contributed by atoms with Crippen LogP contribution in [0, 0.1) is 6.92 Å². The maximum Gasteiger partial charge on any atom is 0.251 e. The van der Waals surface area contributed by atoms with Gasteiger partial charge in [0.25, 0.3) is 5.91 Å². The summed E-state index contributed by atoms with van der Waals surface area (Å²) in [5.74, 6) is 0.736. The normalized spacial score (nSPS) is 16.4. The number of fused-ring (bicyclic) bond motifs is 1. The minimum atomic E-state index is -0.0793. The van der Waals surface area contributed by atoms with Crippen LogP contribution in [-0.2, 0) is 11.3 Å². The largest absolute Gasteiger partial charge is 0.493 e. The third-order valence-electron chi connectivity index (χ3n) is 7.17. The summed E-state index contributed by atoms with van der Waals surface area (Å²) < 4.78 is 5.95.